The van der Waals surface area contributed by atoms with Crippen molar-refractivity contribution in [2.75, 3.05) is 6.61 Å². The minimum absolute atomic E-state index is 0.00269. The van der Waals surface area contributed by atoms with Gasteiger partial charge >= 0.3 is 5.97 Å². The maximum absolute atomic E-state index is 12.9. The van der Waals surface area contributed by atoms with Gasteiger partial charge < -0.3 is 9.47 Å². The van der Waals surface area contributed by atoms with Crippen molar-refractivity contribution in [3.63, 3.8) is 0 Å². The fourth-order valence-corrected chi connectivity index (χ4v) is 7.12. The minimum Gasteiger partial charge on any atom is -0.482 e. The van der Waals surface area contributed by atoms with Crippen LogP contribution in [-0.4, -0.2) is 18.2 Å². The van der Waals surface area contributed by atoms with Crippen molar-refractivity contribution in [1.29, 1.82) is 0 Å². The van der Waals surface area contributed by atoms with Crippen LogP contribution in [0.25, 0.3) is 0 Å². The first-order valence-corrected chi connectivity index (χ1v) is 11.7. The Hall–Kier alpha value is -1.51. The number of benzene rings is 1. The molecule has 3 nitrogen and oxygen atoms in total. The summed E-state index contributed by atoms with van der Waals surface area (Å²) in [4.78, 5) is 12.9. The first-order valence-electron chi connectivity index (χ1n) is 11.7. The molecule has 3 atom stereocenters. The zero-order chi connectivity index (χ0) is 20.8. The third kappa shape index (κ3) is 3.70. The standard InChI is InChI=1S/C26H38O3/c1-6-18(4)20-7-9-23(10-8-20)28-16-24(27)29-26(17(2)3)21-11-19-12-22(26)15-25(5,13-19)14-21/h7-10,17-19,21-22H,6,11-16H2,1-5H3. The van der Waals surface area contributed by atoms with Crippen LogP contribution in [0, 0.1) is 29.1 Å². The Morgan fingerprint density at radius 1 is 1.07 bits per heavy atom. The van der Waals surface area contributed by atoms with Crippen molar-refractivity contribution in [2.45, 2.75) is 84.7 Å². The van der Waals surface area contributed by atoms with E-state index in [9.17, 15) is 4.79 Å². The molecular formula is C26H38O3. The van der Waals surface area contributed by atoms with Gasteiger partial charge in [-0.1, -0.05) is 46.8 Å². The Bertz CT molecular complexity index is 719. The lowest BCUT2D eigenvalue weighted by Crippen LogP contribution is -2.64. The highest BCUT2D eigenvalue weighted by Gasteiger charge is 2.63. The lowest BCUT2D eigenvalue weighted by atomic mass is 9.43. The highest BCUT2D eigenvalue weighted by molar-refractivity contribution is 5.72. The van der Waals surface area contributed by atoms with Crippen LogP contribution in [0.1, 0.15) is 84.6 Å². The van der Waals surface area contributed by atoms with E-state index < -0.39 is 0 Å². The molecule has 4 aliphatic rings. The van der Waals surface area contributed by atoms with Gasteiger partial charge in [0, 0.05) is 11.8 Å². The van der Waals surface area contributed by atoms with E-state index in [1.165, 1.54) is 37.7 Å². The number of esters is 1. The SMILES string of the molecule is CCC(C)c1ccc(OCC(=O)OC2(C(C)C)C3CC4CC2CC(C)(C4)C3)cc1. The molecule has 0 saturated heterocycles. The van der Waals surface area contributed by atoms with E-state index in [0.29, 0.717) is 29.1 Å². The Morgan fingerprint density at radius 3 is 2.21 bits per heavy atom. The summed E-state index contributed by atoms with van der Waals surface area (Å²) in [6.45, 7) is 11.4. The van der Waals surface area contributed by atoms with Crippen LogP contribution < -0.4 is 4.74 Å². The molecule has 3 heteroatoms. The summed E-state index contributed by atoms with van der Waals surface area (Å²) in [7, 11) is 0. The van der Waals surface area contributed by atoms with Gasteiger partial charge in [-0.3, -0.25) is 0 Å². The highest BCUT2D eigenvalue weighted by atomic mass is 16.6. The molecule has 5 rings (SSSR count). The second-order valence-corrected chi connectivity index (χ2v) is 10.8. The molecule has 4 aliphatic carbocycles. The number of ether oxygens (including phenoxy) is 2. The molecule has 0 heterocycles. The van der Waals surface area contributed by atoms with Gasteiger partial charge in [0.25, 0.3) is 0 Å². The lowest BCUT2D eigenvalue weighted by Gasteiger charge is -2.65. The summed E-state index contributed by atoms with van der Waals surface area (Å²) in [5.41, 5.74) is 1.48. The second kappa shape index (κ2) is 7.63. The van der Waals surface area contributed by atoms with Gasteiger partial charge in [0.05, 0.1) is 0 Å². The molecule has 29 heavy (non-hydrogen) atoms. The number of carbonyl (C=O) groups is 1. The monoisotopic (exact) mass is 398 g/mol. The predicted octanol–water partition coefficient (Wildman–Crippen LogP) is 6.36. The maximum atomic E-state index is 12.9. The Balaban J connectivity index is 1.41. The van der Waals surface area contributed by atoms with Crippen LogP contribution in [0.5, 0.6) is 5.75 Å². The molecule has 3 unspecified atom stereocenters. The van der Waals surface area contributed by atoms with Crippen molar-refractivity contribution in [3.05, 3.63) is 29.8 Å². The van der Waals surface area contributed by atoms with E-state index in [0.717, 1.165) is 18.1 Å². The zero-order valence-electron chi connectivity index (χ0n) is 18.9. The van der Waals surface area contributed by atoms with Crippen LogP contribution in [0.15, 0.2) is 24.3 Å². The number of carbonyl (C=O) groups excluding carboxylic acids is 1. The second-order valence-electron chi connectivity index (χ2n) is 10.8. The van der Waals surface area contributed by atoms with E-state index in [1.807, 2.05) is 12.1 Å². The maximum Gasteiger partial charge on any atom is 0.344 e. The first kappa shape index (κ1) is 20.8. The normalized spacial score (nSPS) is 36.3. The molecule has 160 valence electrons. The van der Waals surface area contributed by atoms with Crippen molar-refractivity contribution in [3.8, 4) is 5.75 Å². The van der Waals surface area contributed by atoms with Crippen molar-refractivity contribution in [1.82, 2.24) is 0 Å². The van der Waals surface area contributed by atoms with Crippen LogP contribution in [0.2, 0.25) is 0 Å². The van der Waals surface area contributed by atoms with Gasteiger partial charge in [0.1, 0.15) is 11.4 Å². The molecule has 0 aromatic heterocycles. The van der Waals surface area contributed by atoms with E-state index >= 15 is 0 Å². The van der Waals surface area contributed by atoms with Gasteiger partial charge in [0.2, 0.25) is 0 Å². The molecule has 0 spiro atoms. The summed E-state index contributed by atoms with van der Waals surface area (Å²) in [6.07, 6.45) is 7.38. The van der Waals surface area contributed by atoms with Crippen molar-refractivity contribution < 1.29 is 14.3 Å². The Labute approximate surface area is 176 Å². The van der Waals surface area contributed by atoms with Gasteiger partial charge in [-0.05, 0) is 79.4 Å². The molecule has 0 N–H and O–H groups in total. The molecule has 0 radical (unpaired) electrons. The van der Waals surface area contributed by atoms with Gasteiger partial charge in [-0.15, -0.1) is 0 Å². The van der Waals surface area contributed by atoms with Crippen molar-refractivity contribution >= 4 is 5.97 Å². The minimum atomic E-state index is -0.294. The fourth-order valence-electron chi connectivity index (χ4n) is 7.12. The quantitative estimate of drug-likeness (QED) is 0.501. The summed E-state index contributed by atoms with van der Waals surface area (Å²) >= 11 is 0. The largest absolute Gasteiger partial charge is 0.482 e. The van der Waals surface area contributed by atoms with Crippen LogP contribution in [-0.2, 0) is 9.53 Å². The van der Waals surface area contributed by atoms with Gasteiger partial charge in [0.15, 0.2) is 6.61 Å². The topological polar surface area (TPSA) is 35.5 Å². The van der Waals surface area contributed by atoms with E-state index in [1.54, 1.807) is 0 Å². The third-order valence-electron chi connectivity index (χ3n) is 8.38. The Kier molecular flexibility index (Phi) is 5.46. The van der Waals surface area contributed by atoms with Crippen LogP contribution in [0.4, 0.5) is 0 Å². The highest BCUT2D eigenvalue weighted by Crippen LogP contribution is 2.66. The first-order chi connectivity index (χ1) is 13.8. The molecule has 1 aromatic rings. The van der Waals surface area contributed by atoms with Crippen LogP contribution in [0.3, 0.4) is 0 Å². The summed E-state index contributed by atoms with van der Waals surface area (Å²) in [5, 5.41) is 0. The molecule has 4 bridgehead atoms. The fraction of sp³-hybridized carbons (Fsp3) is 0.731. The van der Waals surface area contributed by atoms with Gasteiger partial charge in [-0.25, -0.2) is 4.79 Å². The molecule has 1 aromatic carbocycles. The van der Waals surface area contributed by atoms with Crippen LogP contribution >= 0.6 is 0 Å². The van der Waals surface area contributed by atoms with Gasteiger partial charge in [-0.2, -0.15) is 0 Å². The van der Waals surface area contributed by atoms with Crippen molar-refractivity contribution in [2.24, 2.45) is 29.1 Å². The zero-order valence-corrected chi connectivity index (χ0v) is 18.9. The smallest absolute Gasteiger partial charge is 0.344 e. The van der Waals surface area contributed by atoms with E-state index in [4.69, 9.17) is 9.47 Å². The van der Waals surface area contributed by atoms with E-state index in [2.05, 4.69) is 46.8 Å². The average molecular weight is 399 g/mol. The Morgan fingerprint density at radius 2 is 1.69 bits per heavy atom. The molecule has 4 saturated carbocycles. The number of hydrogen-bond acceptors (Lipinski definition) is 3. The lowest BCUT2D eigenvalue weighted by molar-refractivity contribution is -0.239. The molecular weight excluding hydrogens is 360 g/mol. The summed E-state index contributed by atoms with van der Waals surface area (Å²) < 4.78 is 12.2. The number of rotatable bonds is 7. The summed E-state index contributed by atoms with van der Waals surface area (Å²) in [6, 6.07) is 8.14. The summed E-state index contributed by atoms with van der Waals surface area (Å²) in [5.74, 6) is 3.28. The molecule has 0 aliphatic heterocycles. The third-order valence-corrected chi connectivity index (χ3v) is 8.38. The molecule has 0 amide bonds. The number of hydrogen-bond donors (Lipinski definition) is 0. The molecule has 4 fully saturated rings. The predicted molar refractivity (Wildman–Crippen MR) is 116 cm³/mol. The van der Waals surface area contributed by atoms with E-state index in [-0.39, 0.29) is 18.2 Å². The average Bonchev–Trinajstić information content (AvgIpc) is 2.67.